The van der Waals surface area contributed by atoms with Gasteiger partial charge in [-0.2, -0.15) is 43.9 Å². The van der Waals surface area contributed by atoms with Crippen LogP contribution >= 0.6 is 7.37 Å². The number of alkyl halides is 10. The Kier molecular flexibility index (Phi) is 6.53. The van der Waals surface area contributed by atoms with Crippen LogP contribution in [0, 0.1) is 0 Å². The van der Waals surface area contributed by atoms with Gasteiger partial charge in [-0.25, -0.2) is 0 Å². The minimum absolute atomic E-state index is 0. The van der Waals surface area contributed by atoms with E-state index >= 15 is 0 Å². The summed E-state index contributed by atoms with van der Waals surface area (Å²) in [6.07, 6.45) is -14.0. The van der Waals surface area contributed by atoms with Gasteiger partial charge in [0.25, 0.3) is 0 Å². The van der Waals surface area contributed by atoms with E-state index in [0.717, 1.165) is 0 Å². The maximum atomic E-state index is 12.1. The molecule has 0 aromatic heterocycles. The molecule has 0 fully saturated rings. The van der Waals surface area contributed by atoms with Gasteiger partial charge in [-0.3, -0.25) is 4.57 Å². The van der Waals surface area contributed by atoms with Crippen molar-refractivity contribution in [2.45, 2.75) is 23.7 Å². The molecule has 0 aliphatic rings. The monoisotopic (exact) mass is 341 g/mol. The van der Waals surface area contributed by atoms with Gasteiger partial charge in [0.05, 0.1) is 0 Å². The molecule has 0 bridgehead atoms. The van der Waals surface area contributed by atoms with Gasteiger partial charge < -0.3 is 4.89 Å². The average molecular weight is 341 g/mol. The summed E-state index contributed by atoms with van der Waals surface area (Å²) in [5.74, 6) is 0. The third-order valence-corrected chi connectivity index (χ3v) is 3.47. The molecule has 0 aliphatic carbocycles. The molecule has 2 nitrogen and oxygen atoms in total. The number of rotatable bonds is 2. The molecule has 105 valence electrons. The first-order valence-corrected chi connectivity index (χ1v) is 4.88. The Hall–Kier alpha value is 1.13. The van der Waals surface area contributed by atoms with Crippen LogP contribution in [0.5, 0.6) is 0 Å². The quantitative estimate of drug-likeness (QED) is 0.476. The number of hydrogen-bond acceptors (Lipinski definition) is 1. The fraction of sp³-hybridized carbons (Fsp3) is 1.00. The molecule has 0 saturated heterocycles. The first kappa shape index (κ1) is 21.4. The topological polar surface area (TPSA) is 37.3 Å². The molecule has 0 atom stereocenters. The van der Waals surface area contributed by atoms with Crippen LogP contribution in [-0.4, -0.2) is 80.0 Å². The summed E-state index contributed by atoms with van der Waals surface area (Å²) in [6.45, 7) is 0. The fourth-order valence-corrected chi connectivity index (χ4v) is 1.56. The average Bonchev–Trinajstić information content (AvgIpc) is 1.98. The van der Waals surface area contributed by atoms with Crippen molar-refractivity contribution in [3.8, 4) is 0 Å². The van der Waals surface area contributed by atoms with E-state index in [4.69, 9.17) is 4.89 Å². The summed E-state index contributed by atoms with van der Waals surface area (Å²) < 4.78 is 127. The van der Waals surface area contributed by atoms with Gasteiger partial charge in [-0.1, -0.05) is 0 Å². The Morgan fingerprint density at radius 2 is 0.833 bits per heavy atom. The largest absolute Gasteiger partial charge is 0.463 e. The predicted molar refractivity (Wildman–Crippen MR) is 37.6 cm³/mol. The molecule has 18 heavy (non-hydrogen) atoms. The Morgan fingerprint density at radius 3 is 0.944 bits per heavy atom. The first-order chi connectivity index (χ1) is 7.00. The van der Waals surface area contributed by atoms with Crippen molar-refractivity contribution in [3.05, 3.63) is 0 Å². The zero-order valence-corrected chi connectivity index (χ0v) is 12.1. The molecule has 0 aliphatic heterocycles. The molecule has 0 saturated carbocycles. The van der Waals surface area contributed by atoms with E-state index in [2.05, 4.69) is 0 Å². The van der Waals surface area contributed by atoms with Gasteiger partial charge in [0, 0.05) is 51.4 Å². The Balaban J connectivity index is 0. The van der Waals surface area contributed by atoms with E-state index in [9.17, 15) is 48.5 Å². The van der Waals surface area contributed by atoms with Crippen LogP contribution in [0.1, 0.15) is 0 Å². The molecule has 1 N–H and O–H groups in total. The van der Waals surface area contributed by atoms with E-state index < -0.39 is 31.0 Å². The molecule has 0 rings (SSSR count). The molecule has 0 amide bonds. The van der Waals surface area contributed by atoms with E-state index in [1.807, 2.05) is 0 Å². The van der Waals surface area contributed by atoms with Gasteiger partial charge >= 0.3 is 31.0 Å². The normalized spacial score (nSPS) is 15.3. The first-order valence-electron chi connectivity index (χ1n) is 3.22. The van der Waals surface area contributed by atoms with Crippen molar-refractivity contribution in [1.29, 1.82) is 0 Å². The summed E-state index contributed by atoms with van der Waals surface area (Å²) >= 11 is 0. The summed E-state index contributed by atoms with van der Waals surface area (Å²) in [5, 5.41) is 0. The van der Waals surface area contributed by atoms with E-state index in [-0.39, 0.29) is 51.4 Å². The van der Waals surface area contributed by atoms with Crippen LogP contribution < -0.4 is 0 Å². The molecule has 1 radical (unpaired) electrons. The van der Waals surface area contributed by atoms with Gasteiger partial charge in [0.2, 0.25) is 0 Å². The van der Waals surface area contributed by atoms with Gasteiger partial charge in [0.1, 0.15) is 0 Å². The van der Waals surface area contributed by atoms with E-state index in [1.54, 1.807) is 0 Å². The molecule has 14 heteroatoms. The number of halogens is 10. The molecule has 0 aromatic carbocycles. The smallest absolute Gasteiger partial charge is 0.336 e. The Morgan fingerprint density at radius 1 is 0.667 bits per heavy atom. The third kappa shape index (κ3) is 3.23. The van der Waals surface area contributed by atoms with Crippen LogP contribution in [0.15, 0.2) is 0 Å². The van der Waals surface area contributed by atoms with Crippen molar-refractivity contribution in [2.24, 2.45) is 0 Å². The Labute approximate surface area is 135 Å². The molecular formula is C4HF10KO2P. The standard InChI is InChI=1S/C4HF10O2P.K/c5-1(6,7)3(11,12)17(15,16)4(13,14)2(8,9)10;/h(H,15,16);. The van der Waals surface area contributed by atoms with Crippen LogP contribution in [0.25, 0.3) is 0 Å². The maximum Gasteiger partial charge on any atom is 0.463 e. The Bertz CT molecular complexity index is 315. The maximum absolute atomic E-state index is 12.1. The van der Waals surface area contributed by atoms with Crippen LogP contribution in [0.2, 0.25) is 0 Å². The van der Waals surface area contributed by atoms with Crippen molar-refractivity contribution >= 4 is 58.8 Å². The molecule has 0 spiro atoms. The van der Waals surface area contributed by atoms with Gasteiger partial charge in [-0.05, 0) is 0 Å². The van der Waals surface area contributed by atoms with E-state index in [1.165, 1.54) is 0 Å². The molecule has 0 unspecified atom stereocenters. The van der Waals surface area contributed by atoms with E-state index in [0.29, 0.717) is 0 Å². The molecule has 0 heterocycles. The summed E-state index contributed by atoms with van der Waals surface area (Å²) in [7, 11) is -8.26. The number of hydrogen-bond donors (Lipinski definition) is 1. The SMILES string of the molecule is O=P(O)(C(F)(F)C(F)(F)F)C(F)(F)C(F)(F)F.[K]. The van der Waals surface area contributed by atoms with Crippen LogP contribution in [0.3, 0.4) is 0 Å². The van der Waals surface area contributed by atoms with Crippen LogP contribution in [0.4, 0.5) is 43.9 Å². The second-order valence-corrected chi connectivity index (χ2v) is 4.93. The van der Waals surface area contributed by atoms with Crippen molar-refractivity contribution in [2.75, 3.05) is 0 Å². The predicted octanol–water partition coefficient (Wildman–Crippen LogP) is 3.19. The zero-order chi connectivity index (χ0) is 14.5. The molecule has 0 aromatic rings. The summed E-state index contributed by atoms with van der Waals surface area (Å²) in [6, 6.07) is 0. The molecular weight excluding hydrogens is 340 g/mol. The minimum Gasteiger partial charge on any atom is -0.336 e. The second-order valence-electron chi connectivity index (χ2n) is 2.65. The van der Waals surface area contributed by atoms with Crippen molar-refractivity contribution in [3.63, 3.8) is 0 Å². The minimum atomic E-state index is -8.26. The zero-order valence-electron chi connectivity index (χ0n) is 8.08. The summed E-state index contributed by atoms with van der Waals surface area (Å²) in [4.78, 5) is 7.86. The van der Waals surface area contributed by atoms with Gasteiger partial charge in [-0.15, -0.1) is 0 Å². The van der Waals surface area contributed by atoms with Crippen molar-refractivity contribution in [1.82, 2.24) is 0 Å². The van der Waals surface area contributed by atoms with Crippen molar-refractivity contribution < 1.29 is 53.4 Å². The van der Waals surface area contributed by atoms with Crippen LogP contribution in [-0.2, 0) is 4.57 Å². The fourth-order valence-electron chi connectivity index (χ4n) is 0.520. The summed E-state index contributed by atoms with van der Waals surface area (Å²) in [5.41, 5.74) is -14.2. The second kappa shape index (κ2) is 5.49. The third-order valence-electron chi connectivity index (χ3n) is 1.44. The van der Waals surface area contributed by atoms with Gasteiger partial charge in [0.15, 0.2) is 0 Å².